The van der Waals surface area contributed by atoms with Crippen molar-refractivity contribution < 1.29 is 17.6 Å². The number of amidine groups is 1. The average Bonchev–Trinajstić information content (AvgIpc) is 2.67. The lowest BCUT2D eigenvalue weighted by atomic mass is 9.92. The van der Waals surface area contributed by atoms with Crippen LogP contribution in [0.5, 0.6) is 0 Å². The van der Waals surface area contributed by atoms with E-state index >= 15 is 0 Å². The predicted octanol–water partition coefficient (Wildman–Crippen LogP) is 3.94. The van der Waals surface area contributed by atoms with Gasteiger partial charge < -0.3 is 11.1 Å². The number of aliphatic imine (C=N–C) groups is 1. The highest BCUT2D eigenvalue weighted by atomic mass is 35.5. The zero-order valence-corrected chi connectivity index (χ0v) is 19.7. The second-order valence-corrected chi connectivity index (χ2v) is 11.5. The van der Waals surface area contributed by atoms with E-state index in [1.54, 1.807) is 13.0 Å². The van der Waals surface area contributed by atoms with Crippen LogP contribution in [-0.4, -0.2) is 35.6 Å². The van der Waals surface area contributed by atoms with Crippen molar-refractivity contribution in [2.75, 3.05) is 11.1 Å². The van der Waals surface area contributed by atoms with E-state index in [1.165, 1.54) is 39.1 Å². The first-order valence-corrected chi connectivity index (χ1v) is 11.7. The van der Waals surface area contributed by atoms with Crippen LogP contribution in [0.1, 0.15) is 49.3 Å². The van der Waals surface area contributed by atoms with E-state index in [9.17, 15) is 17.6 Å². The first-order chi connectivity index (χ1) is 14.7. The molecule has 10 heteroatoms. The maximum Gasteiger partial charge on any atom is 0.274 e. The van der Waals surface area contributed by atoms with E-state index in [-0.39, 0.29) is 22.8 Å². The number of aromatic nitrogens is 1. The molecule has 0 saturated heterocycles. The average molecular weight is 479 g/mol. The molecule has 7 nitrogen and oxygen atoms in total. The molecular formula is C22H24ClFN4O3S. The first kappa shape index (κ1) is 23.9. The monoisotopic (exact) mass is 478 g/mol. The van der Waals surface area contributed by atoms with E-state index in [0.717, 1.165) is 6.07 Å². The van der Waals surface area contributed by atoms with E-state index < -0.39 is 37.6 Å². The summed E-state index contributed by atoms with van der Waals surface area (Å²) in [5, 5.41) is 3.02. The van der Waals surface area contributed by atoms with Crippen molar-refractivity contribution in [3.63, 3.8) is 0 Å². The molecule has 3 rings (SSSR count). The number of benzene rings is 1. The summed E-state index contributed by atoms with van der Waals surface area (Å²) >= 11 is 5.97. The van der Waals surface area contributed by atoms with Gasteiger partial charge in [0.05, 0.1) is 10.8 Å². The number of halogens is 2. The number of hydrogen-bond donors (Lipinski definition) is 2. The van der Waals surface area contributed by atoms with Crippen LogP contribution in [0.4, 0.5) is 10.1 Å². The minimum atomic E-state index is -3.72. The van der Waals surface area contributed by atoms with Gasteiger partial charge in [0.1, 0.15) is 27.6 Å². The Morgan fingerprint density at radius 1 is 1.28 bits per heavy atom. The Bertz CT molecular complexity index is 1270. The molecule has 0 aliphatic carbocycles. The Morgan fingerprint density at radius 2 is 1.94 bits per heavy atom. The Labute approximate surface area is 191 Å². The largest absolute Gasteiger partial charge is 0.386 e. The Kier molecular flexibility index (Phi) is 5.95. The van der Waals surface area contributed by atoms with Gasteiger partial charge in [-0.3, -0.25) is 9.79 Å². The lowest BCUT2D eigenvalue weighted by Gasteiger charge is -2.38. The highest BCUT2D eigenvalue weighted by Gasteiger charge is 2.49. The van der Waals surface area contributed by atoms with E-state index in [4.69, 9.17) is 17.3 Å². The lowest BCUT2D eigenvalue weighted by molar-refractivity contribution is 0.102. The maximum absolute atomic E-state index is 14.8. The molecule has 170 valence electrons. The number of sulfone groups is 1. The molecule has 1 atom stereocenters. The van der Waals surface area contributed by atoms with E-state index in [0.29, 0.717) is 16.2 Å². The number of allylic oxidation sites excluding steroid dienone is 1. The van der Waals surface area contributed by atoms with Crippen molar-refractivity contribution in [3.8, 4) is 0 Å². The molecule has 1 amide bonds. The molecule has 2 aromatic rings. The second kappa shape index (κ2) is 7.97. The molecule has 0 saturated carbocycles. The third kappa shape index (κ3) is 4.14. The molecule has 1 unspecified atom stereocenters. The minimum absolute atomic E-state index is 0.00140. The predicted molar refractivity (Wildman–Crippen MR) is 125 cm³/mol. The molecule has 0 bridgehead atoms. The van der Waals surface area contributed by atoms with Crippen LogP contribution in [0.15, 0.2) is 42.0 Å². The van der Waals surface area contributed by atoms with Crippen LogP contribution in [0, 0.1) is 5.82 Å². The number of nitrogens with one attached hydrogen (secondary N) is 1. The number of carbonyl (C=O) groups excluding carboxylic acids is 1. The van der Waals surface area contributed by atoms with Gasteiger partial charge in [-0.2, -0.15) is 0 Å². The topological polar surface area (TPSA) is 115 Å². The summed E-state index contributed by atoms with van der Waals surface area (Å²) in [6, 6.07) is 5.44. The minimum Gasteiger partial charge on any atom is -0.386 e. The fraction of sp³-hybridized carbons (Fsp3) is 0.318. The van der Waals surface area contributed by atoms with Gasteiger partial charge in [-0.15, -0.1) is 0 Å². The molecule has 2 heterocycles. The summed E-state index contributed by atoms with van der Waals surface area (Å²) < 4.78 is 39.1. The molecule has 0 spiro atoms. The molecule has 1 aromatic carbocycles. The zero-order valence-electron chi connectivity index (χ0n) is 18.2. The Balaban J connectivity index is 2.02. The van der Waals surface area contributed by atoms with Gasteiger partial charge in [0.25, 0.3) is 5.91 Å². The van der Waals surface area contributed by atoms with Crippen molar-refractivity contribution in [1.82, 2.24) is 4.98 Å². The summed E-state index contributed by atoms with van der Waals surface area (Å²) in [5.41, 5.74) is 5.91. The highest BCUT2D eigenvalue weighted by Crippen LogP contribution is 2.38. The molecular weight excluding hydrogens is 455 g/mol. The number of anilines is 1. The number of hydrogen-bond acceptors (Lipinski definition) is 6. The number of nitrogens with two attached hydrogens (primary N) is 1. The molecule has 3 N–H and O–H groups in total. The van der Waals surface area contributed by atoms with Crippen molar-refractivity contribution in [2.45, 2.75) is 38.0 Å². The van der Waals surface area contributed by atoms with Gasteiger partial charge in [0.2, 0.25) is 0 Å². The maximum atomic E-state index is 14.8. The van der Waals surface area contributed by atoms with Crippen LogP contribution in [0.2, 0.25) is 5.02 Å². The fourth-order valence-electron chi connectivity index (χ4n) is 3.43. The van der Waals surface area contributed by atoms with Gasteiger partial charge in [-0.05, 0) is 57.5 Å². The van der Waals surface area contributed by atoms with Crippen molar-refractivity contribution in [2.24, 2.45) is 10.7 Å². The van der Waals surface area contributed by atoms with Crippen LogP contribution >= 0.6 is 11.6 Å². The molecule has 32 heavy (non-hydrogen) atoms. The SMILES string of the molecule is C=C(C)c1cc(Cl)cnc1C(=O)Nc1ccc(F)c(C2(C)CS(=O)(=O)C(C)(C)C(N)=N2)c1. The van der Waals surface area contributed by atoms with Crippen LogP contribution in [0.25, 0.3) is 5.57 Å². The Hall–Kier alpha value is -2.78. The van der Waals surface area contributed by atoms with Crippen molar-refractivity contribution >= 4 is 44.4 Å². The summed E-state index contributed by atoms with van der Waals surface area (Å²) in [6.07, 6.45) is 1.34. The summed E-state index contributed by atoms with van der Waals surface area (Å²) in [6.45, 7) is 9.98. The highest BCUT2D eigenvalue weighted by molar-refractivity contribution is 7.93. The van der Waals surface area contributed by atoms with E-state index in [2.05, 4.69) is 21.9 Å². The lowest BCUT2D eigenvalue weighted by Crippen LogP contribution is -2.55. The molecule has 0 radical (unpaired) electrons. The third-order valence-electron chi connectivity index (χ3n) is 5.57. The van der Waals surface area contributed by atoms with Gasteiger partial charge >= 0.3 is 0 Å². The standard InChI is InChI=1S/C22H24ClFN4O3S/c1-12(2)15-8-13(23)10-26-18(15)19(29)27-14-6-7-17(24)16(9-14)22(5)11-32(30,31)21(3,4)20(25)28-22/h6-10H,1,11H2,2-5H3,(H2,25,28)(H,27,29). The summed E-state index contributed by atoms with van der Waals surface area (Å²) in [5.74, 6) is -1.75. The molecule has 1 aliphatic rings. The van der Waals surface area contributed by atoms with Gasteiger partial charge in [0.15, 0.2) is 9.84 Å². The summed E-state index contributed by atoms with van der Waals surface area (Å²) in [7, 11) is -3.72. The fourth-order valence-corrected chi connectivity index (χ4v) is 5.28. The summed E-state index contributed by atoms with van der Waals surface area (Å²) in [4.78, 5) is 21.3. The normalized spacial score (nSPS) is 21.5. The smallest absolute Gasteiger partial charge is 0.274 e. The molecule has 1 aromatic heterocycles. The quantitative estimate of drug-likeness (QED) is 0.690. The van der Waals surface area contributed by atoms with Crippen LogP contribution < -0.4 is 11.1 Å². The van der Waals surface area contributed by atoms with E-state index in [1.807, 2.05) is 0 Å². The first-order valence-electron chi connectivity index (χ1n) is 9.69. The van der Waals surface area contributed by atoms with Crippen LogP contribution in [-0.2, 0) is 15.4 Å². The van der Waals surface area contributed by atoms with Gasteiger partial charge in [-0.1, -0.05) is 18.2 Å². The number of pyridine rings is 1. The number of carbonyl (C=O) groups is 1. The van der Waals surface area contributed by atoms with Crippen molar-refractivity contribution in [3.05, 3.63) is 64.7 Å². The molecule has 1 aliphatic heterocycles. The number of rotatable bonds is 4. The zero-order chi connectivity index (χ0) is 24.1. The van der Waals surface area contributed by atoms with Crippen LogP contribution in [0.3, 0.4) is 0 Å². The Morgan fingerprint density at radius 3 is 2.53 bits per heavy atom. The second-order valence-electron chi connectivity index (χ2n) is 8.52. The molecule has 0 fully saturated rings. The van der Waals surface area contributed by atoms with Gasteiger partial charge in [0, 0.05) is 23.0 Å². The van der Waals surface area contributed by atoms with Gasteiger partial charge in [-0.25, -0.2) is 17.8 Å². The van der Waals surface area contributed by atoms with Crippen molar-refractivity contribution in [1.29, 1.82) is 0 Å². The third-order valence-corrected chi connectivity index (χ3v) is 8.48. The number of nitrogens with zero attached hydrogens (tertiary/aromatic N) is 2. The number of amides is 1.